The Labute approximate surface area is 179 Å². The van der Waals surface area contributed by atoms with Crippen molar-refractivity contribution < 1.29 is 26.7 Å². The van der Waals surface area contributed by atoms with Crippen LogP contribution >= 0.6 is 0 Å². The Morgan fingerprint density at radius 1 is 1.10 bits per heavy atom. The van der Waals surface area contributed by atoms with E-state index in [1.165, 1.54) is 30.3 Å². The van der Waals surface area contributed by atoms with E-state index in [9.17, 15) is 12.8 Å². The van der Waals surface area contributed by atoms with Gasteiger partial charge >= 0.3 is 0 Å². The SMILES string of the molecule is CN(C)CCNc1oc(-c2ccccc2F)nc1S(=O)(=O)c1ccc2c(c1)OCCO2. The van der Waals surface area contributed by atoms with Gasteiger partial charge in [0.2, 0.25) is 26.6 Å². The summed E-state index contributed by atoms with van der Waals surface area (Å²) in [7, 11) is -0.316. The van der Waals surface area contributed by atoms with Gasteiger partial charge < -0.3 is 24.1 Å². The lowest BCUT2D eigenvalue weighted by molar-refractivity contribution is 0.171. The van der Waals surface area contributed by atoms with E-state index >= 15 is 0 Å². The highest BCUT2D eigenvalue weighted by atomic mass is 32.2. The van der Waals surface area contributed by atoms with Gasteiger partial charge in [-0.3, -0.25) is 0 Å². The summed E-state index contributed by atoms with van der Waals surface area (Å²) in [4.78, 5) is 6.06. The van der Waals surface area contributed by atoms with Crippen molar-refractivity contribution in [2.24, 2.45) is 0 Å². The Balaban J connectivity index is 1.77. The fourth-order valence-electron chi connectivity index (χ4n) is 3.05. The molecule has 8 nitrogen and oxygen atoms in total. The summed E-state index contributed by atoms with van der Waals surface area (Å²) < 4.78 is 57.7. The molecular weight excluding hydrogens is 425 g/mol. The number of likely N-dealkylation sites (N-methyl/N-ethyl adjacent to an activating group) is 1. The first-order valence-corrected chi connectivity index (χ1v) is 11.1. The van der Waals surface area contributed by atoms with Crippen LogP contribution in [-0.2, 0) is 9.84 Å². The Morgan fingerprint density at radius 3 is 2.58 bits per heavy atom. The highest BCUT2D eigenvalue weighted by Gasteiger charge is 2.30. The first-order valence-electron chi connectivity index (χ1n) is 9.65. The first kappa shape index (κ1) is 21.1. The third-order valence-corrected chi connectivity index (χ3v) is 6.28. The van der Waals surface area contributed by atoms with Crippen LogP contribution in [0.25, 0.3) is 11.5 Å². The minimum absolute atomic E-state index is 0.0270. The van der Waals surface area contributed by atoms with E-state index in [-0.39, 0.29) is 27.3 Å². The van der Waals surface area contributed by atoms with E-state index in [1.54, 1.807) is 12.1 Å². The van der Waals surface area contributed by atoms with Crippen LogP contribution in [0.4, 0.5) is 10.3 Å². The number of nitrogens with one attached hydrogen (secondary N) is 1. The standard InChI is InChI=1S/C21H22FN3O5S/c1-25(2)10-9-23-20-21(24-19(30-20)15-5-3-4-6-16(15)22)31(26,27)14-7-8-17-18(13-14)29-12-11-28-17/h3-8,13,23H,9-12H2,1-2H3. The van der Waals surface area contributed by atoms with E-state index in [2.05, 4.69) is 10.3 Å². The van der Waals surface area contributed by atoms with E-state index < -0.39 is 15.7 Å². The molecule has 1 aliphatic heterocycles. The summed E-state index contributed by atoms with van der Waals surface area (Å²) >= 11 is 0. The molecule has 4 rings (SSSR count). The van der Waals surface area contributed by atoms with Gasteiger partial charge in [0.15, 0.2) is 11.5 Å². The average molecular weight is 447 g/mol. The monoisotopic (exact) mass is 447 g/mol. The highest BCUT2D eigenvalue weighted by Crippen LogP contribution is 2.37. The van der Waals surface area contributed by atoms with Gasteiger partial charge in [-0.05, 0) is 38.4 Å². The molecular formula is C21H22FN3O5S. The van der Waals surface area contributed by atoms with Gasteiger partial charge in [0, 0.05) is 19.2 Å². The molecule has 0 unspecified atom stereocenters. The van der Waals surface area contributed by atoms with Gasteiger partial charge in [0.25, 0.3) is 0 Å². The van der Waals surface area contributed by atoms with Gasteiger partial charge in [0.05, 0.1) is 10.5 Å². The number of sulfone groups is 1. The summed E-state index contributed by atoms with van der Waals surface area (Å²) in [6.45, 7) is 1.76. The van der Waals surface area contributed by atoms with Crippen molar-refractivity contribution in [3.8, 4) is 23.0 Å². The summed E-state index contributed by atoms with van der Waals surface area (Å²) in [5, 5.41) is 2.65. The number of aromatic nitrogens is 1. The molecule has 164 valence electrons. The third-order valence-electron chi connectivity index (χ3n) is 4.62. The number of rotatable bonds is 7. The largest absolute Gasteiger partial charge is 0.486 e. The molecule has 0 bridgehead atoms. The lowest BCUT2D eigenvalue weighted by atomic mass is 10.2. The molecule has 0 fully saturated rings. The Bertz CT molecular complexity index is 1190. The second-order valence-electron chi connectivity index (χ2n) is 7.17. The van der Waals surface area contributed by atoms with Crippen LogP contribution < -0.4 is 14.8 Å². The zero-order valence-corrected chi connectivity index (χ0v) is 17.9. The van der Waals surface area contributed by atoms with E-state index in [0.717, 1.165) is 0 Å². The highest BCUT2D eigenvalue weighted by molar-refractivity contribution is 7.91. The normalized spacial score (nSPS) is 13.4. The minimum atomic E-state index is -4.09. The molecule has 0 amide bonds. The second kappa shape index (κ2) is 8.56. The van der Waals surface area contributed by atoms with E-state index in [1.807, 2.05) is 19.0 Å². The number of anilines is 1. The van der Waals surface area contributed by atoms with Gasteiger partial charge in [-0.15, -0.1) is 0 Å². The molecule has 2 heterocycles. The van der Waals surface area contributed by atoms with Gasteiger partial charge in [0.1, 0.15) is 19.0 Å². The molecule has 1 aromatic heterocycles. The van der Waals surface area contributed by atoms with Crippen molar-refractivity contribution in [1.82, 2.24) is 9.88 Å². The molecule has 0 aliphatic carbocycles. The zero-order valence-electron chi connectivity index (χ0n) is 17.1. The summed E-state index contributed by atoms with van der Waals surface area (Å²) in [6.07, 6.45) is 0. The molecule has 2 aromatic carbocycles. The quantitative estimate of drug-likeness (QED) is 0.591. The van der Waals surface area contributed by atoms with Crippen LogP contribution in [0.15, 0.2) is 56.8 Å². The number of benzene rings is 2. The van der Waals surface area contributed by atoms with E-state index in [0.29, 0.717) is 37.8 Å². The van der Waals surface area contributed by atoms with Crippen molar-refractivity contribution in [1.29, 1.82) is 0 Å². The minimum Gasteiger partial charge on any atom is -0.486 e. The lowest BCUT2D eigenvalue weighted by Crippen LogP contribution is -2.21. The summed E-state index contributed by atoms with van der Waals surface area (Å²) in [5.74, 6) is 0.0810. The zero-order chi connectivity index (χ0) is 22.0. The molecule has 1 aliphatic rings. The third kappa shape index (κ3) is 4.35. The van der Waals surface area contributed by atoms with Crippen LogP contribution in [0.1, 0.15) is 0 Å². The fraction of sp³-hybridized carbons (Fsp3) is 0.286. The predicted octanol–water partition coefficient (Wildman–Crippen LogP) is 3.06. The first-order chi connectivity index (χ1) is 14.9. The molecule has 3 aromatic rings. The van der Waals surface area contributed by atoms with Gasteiger partial charge in [-0.2, -0.15) is 4.98 Å². The number of hydrogen-bond acceptors (Lipinski definition) is 8. The summed E-state index contributed by atoms with van der Waals surface area (Å²) in [6, 6.07) is 10.2. The van der Waals surface area contributed by atoms with Crippen molar-refractivity contribution in [3.05, 3.63) is 48.3 Å². The topological polar surface area (TPSA) is 93.9 Å². The molecule has 0 atom stereocenters. The Kier molecular flexibility index (Phi) is 5.84. The number of oxazole rings is 1. The second-order valence-corrected chi connectivity index (χ2v) is 9.04. The van der Waals surface area contributed by atoms with Gasteiger partial charge in [-0.25, -0.2) is 12.8 Å². The molecule has 0 saturated carbocycles. The van der Waals surface area contributed by atoms with Crippen LogP contribution in [0.5, 0.6) is 11.5 Å². The summed E-state index contributed by atoms with van der Waals surface area (Å²) in [5.41, 5.74) is 0.0711. The predicted molar refractivity (Wildman–Crippen MR) is 112 cm³/mol. The molecule has 0 radical (unpaired) electrons. The van der Waals surface area contributed by atoms with Gasteiger partial charge in [-0.1, -0.05) is 12.1 Å². The van der Waals surface area contributed by atoms with Crippen molar-refractivity contribution in [2.75, 3.05) is 45.7 Å². The maximum absolute atomic E-state index is 14.3. The van der Waals surface area contributed by atoms with Crippen LogP contribution in [0, 0.1) is 5.82 Å². The number of fused-ring (bicyclic) bond motifs is 1. The fourth-order valence-corrected chi connectivity index (χ4v) is 4.34. The number of halogens is 1. The molecule has 31 heavy (non-hydrogen) atoms. The number of nitrogens with zero attached hydrogens (tertiary/aromatic N) is 2. The van der Waals surface area contributed by atoms with Crippen molar-refractivity contribution in [3.63, 3.8) is 0 Å². The number of ether oxygens (including phenoxy) is 2. The number of hydrogen-bond donors (Lipinski definition) is 1. The Morgan fingerprint density at radius 2 is 1.84 bits per heavy atom. The molecule has 10 heteroatoms. The van der Waals surface area contributed by atoms with Crippen LogP contribution in [-0.4, -0.2) is 58.7 Å². The van der Waals surface area contributed by atoms with Crippen LogP contribution in [0.3, 0.4) is 0 Å². The molecule has 0 saturated heterocycles. The van der Waals surface area contributed by atoms with Crippen molar-refractivity contribution in [2.45, 2.75) is 9.92 Å². The smallest absolute Gasteiger partial charge is 0.233 e. The maximum atomic E-state index is 14.3. The van der Waals surface area contributed by atoms with Crippen molar-refractivity contribution >= 4 is 15.7 Å². The van der Waals surface area contributed by atoms with Crippen LogP contribution in [0.2, 0.25) is 0 Å². The average Bonchev–Trinajstić information content (AvgIpc) is 3.18. The molecule has 1 N–H and O–H groups in total. The lowest BCUT2D eigenvalue weighted by Gasteiger charge is -2.18. The van der Waals surface area contributed by atoms with E-state index in [4.69, 9.17) is 13.9 Å². The molecule has 0 spiro atoms. The Hall–Kier alpha value is -3.11. The maximum Gasteiger partial charge on any atom is 0.233 e.